The topological polar surface area (TPSA) is 66.9 Å². The molecule has 5 nitrogen and oxygen atoms in total. The van der Waals surface area contributed by atoms with Gasteiger partial charge in [-0.3, -0.25) is 4.79 Å². The molecule has 2 heterocycles. The smallest absolute Gasteiger partial charge is 0.252 e. The van der Waals surface area contributed by atoms with Crippen molar-refractivity contribution >= 4 is 17.4 Å². The molecule has 1 saturated carbocycles. The Kier molecular flexibility index (Phi) is 6.00. The molecule has 1 aromatic rings. The van der Waals surface area contributed by atoms with Crippen LogP contribution in [0.15, 0.2) is 48.2 Å². The highest BCUT2D eigenvalue weighted by Gasteiger charge is 2.24. The van der Waals surface area contributed by atoms with Gasteiger partial charge in [0.15, 0.2) is 0 Å². The summed E-state index contributed by atoms with van der Waals surface area (Å²) in [5, 5.41) is 6.54. The number of hydrogen-bond acceptors (Lipinski definition) is 4. The monoisotopic (exact) mass is 376 g/mol. The summed E-state index contributed by atoms with van der Waals surface area (Å²) in [5.74, 6) is 0.592. The molecule has 5 heteroatoms. The second-order valence-electron chi connectivity index (χ2n) is 7.72. The van der Waals surface area contributed by atoms with E-state index in [1.165, 1.54) is 51.4 Å². The Morgan fingerprint density at radius 2 is 1.57 bits per heavy atom. The standard InChI is InChI=1S/C23H28N4O/c28-22-20-14-10-6-5-9-13-19(20)21-17(15-24-22)16-25-23(27-21)26-18-11-7-3-1-2-4-8-12-18/h5-6,9-10,13-14,16,18H,1-4,7-8,11-12,15H2,(H,24,28)(H,25,26,27)/b6-5?,9-5-,10-6-,13-9?,14-10?,19-13+,20-14+. The number of rotatable bonds is 2. The highest BCUT2D eigenvalue weighted by atomic mass is 16.1. The number of nitrogens with zero attached hydrogens (tertiary/aromatic N) is 2. The SMILES string of the molecule is O=C1NCc2cnc(NC3CCCCCCCC3)nc2/C2=C/C=C\C=C/C=C/12. The zero-order chi connectivity index (χ0) is 19.2. The fourth-order valence-electron chi connectivity index (χ4n) is 4.09. The first-order valence-electron chi connectivity index (χ1n) is 10.5. The molecule has 1 aliphatic heterocycles. The number of nitrogens with one attached hydrogen (secondary N) is 2. The summed E-state index contributed by atoms with van der Waals surface area (Å²) in [4.78, 5) is 22.0. The molecular formula is C23H28N4O. The maximum atomic E-state index is 12.5. The lowest BCUT2D eigenvalue weighted by molar-refractivity contribution is -0.117. The van der Waals surface area contributed by atoms with Crippen molar-refractivity contribution in [3.63, 3.8) is 0 Å². The van der Waals surface area contributed by atoms with Gasteiger partial charge in [-0.1, -0.05) is 68.9 Å². The normalized spacial score (nSPS) is 26.6. The minimum absolute atomic E-state index is 0.0741. The van der Waals surface area contributed by atoms with E-state index < -0.39 is 0 Å². The quantitative estimate of drug-likeness (QED) is 0.800. The summed E-state index contributed by atoms with van der Waals surface area (Å²) in [6.07, 6.45) is 23.6. The van der Waals surface area contributed by atoms with Crippen LogP contribution in [0.1, 0.15) is 62.6 Å². The van der Waals surface area contributed by atoms with E-state index in [1.807, 2.05) is 42.7 Å². The Morgan fingerprint density at radius 1 is 0.893 bits per heavy atom. The van der Waals surface area contributed by atoms with Crippen molar-refractivity contribution < 1.29 is 4.79 Å². The van der Waals surface area contributed by atoms with Crippen LogP contribution in [0.3, 0.4) is 0 Å². The van der Waals surface area contributed by atoms with Gasteiger partial charge in [0.2, 0.25) is 5.95 Å². The van der Waals surface area contributed by atoms with Crippen LogP contribution in [0.25, 0.3) is 5.57 Å². The van der Waals surface area contributed by atoms with Gasteiger partial charge in [0.1, 0.15) is 0 Å². The Labute approximate surface area is 166 Å². The molecule has 0 bridgehead atoms. The number of carbonyl (C=O) groups excluding carboxylic acids is 1. The Bertz CT molecular complexity index is 840. The molecule has 0 spiro atoms. The van der Waals surface area contributed by atoms with Crippen LogP contribution in [0.4, 0.5) is 5.95 Å². The van der Waals surface area contributed by atoms with E-state index in [1.54, 1.807) is 0 Å². The minimum atomic E-state index is -0.0741. The number of aromatic nitrogens is 2. The maximum Gasteiger partial charge on any atom is 0.252 e. The summed E-state index contributed by atoms with van der Waals surface area (Å²) < 4.78 is 0. The third kappa shape index (κ3) is 4.41. The predicted molar refractivity (Wildman–Crippen MR) is 113 cm³/mol. The lowest BCUT2D eigenvalue weighted by atomic mass is 9.98. The highest BCUT2D eigenvalue weighted by Crippen LogP contribution is 2.29. The van der Waals surface area contributed by atoms with E-state index in [4.69, 9.17) is 4.98 Å². The number of fused-ring (bicyclic) bond motifs is 3. The van der Waals surface area contributed by atoms with Crippen LogP contribution in [-0.4, -0.2) is 21.9 Å². The minimum Gasteiger partial charge on any atom is -0.351 e. The zero-order valence-corrected chi connectivity index (χ0v) is 16.3. The van der Waals surface area contributed by atoms with E-state index in [-0.39, 0.29) is 5.91 Å². The van der Waals surface area contributed by atoms with Gasteiger partial charge < -0.3 is 10.6 Å². The molecule has 2 aliphatic carbocycles. The first kappa shape index (κ1) is 18.7. The van der Waals surface area contributed by atoms with Crippen molar-refractivity contribution in [2.75, 3.05) is 5.32 Å². The third-order valence-corrected chi connectivity index (χ3v) is 5.64. The van der Waals surface area contributed by atoms with E-state index in [0.717, 1.165) is 16.8 Å². The molecule has 0 aromatic carbocycles. The van der Waals surface area contributed by atoms with Crippen molar-refractivity contribution in [3.05, 3.63) is 59.5 Å². The fourth-order valence-corrected chi connectivity index (χ4v) is 4.09. The summed E-state index contributed by atoms with van der Waals surface area (Å²) in [7, 11) is 0. The van der Waals surface area contributed by atoms with Crippen molar-refractivity contribution in [3.8, 4) is 0 Å². The molecule has 1 amide bonds. The third-order valence-electron chi connectivity index (χ3n) is 5.64. The zero-order valence-electron chi connectivity index (χ0n) is 16.3. The molecule has 0 atom stereocenters. The molecule has 0 saturated heterocycles. The van der Waals surface area contributed by atoms with Gasteiger partial charge in [0.05, 0.1) is 5.69 Å². The van der Waals surface area contributed by atoms with E-state index in [2.05, 4.69) is 15.6 Å². The maximum absolute atomic E-state index is 12.5. The molecule has 1 fully saturated rings. The number of anilines is 1. The Morgan fingerprint density at radius 3 is 2.32 bits per heavy atom. The molecule has 146 valence electrons. The summed E-state index contributed by atoms with van der Waals surface area (Å²) >= 11 is 0. The highest BCUT2D eigenvalue weighted by molar-refractivity contribution is 6.10. The van der Waals surface area contributed by atoms with Gasteiger partial charge in [-0.15, -0.1) is 0 Å². The van der Waals surface area contributed by atoms with Gasteiger partial charge in [-0.2, -0.15) is 0 Å². The molecule has 3 aliphatic rings. The summed E-state index contributed by atoms with van der Waals surface area (Å²) in [6, 6.07) is 0.422. The van der Waals surface area contributed by atoms with Crippen molar-refractivity contribution in [1.29, 1.82) is 0 Å². The largest absolute Gasteiger partial charge is 0.351 e. The average molecular weight is 377 g/mol. The van der Waals surface area contributed by atoms with E-state index >= 15 is 0 Å². The van der Waals surface area contributed by atoms with Crippen LogP contribution in [0.2, 0.25) is 0 Å². The Hall–Kier alpha value is -2.69. The van der Waals surface area contributed by atoms with Gasteiger partial charge in [0, 0.05) is 35.5 Å². The number of allylic oxidation sites excluding steroid dienone is 6. The fraction of sp³-hybridized carbons (Fsp3) is 0.435. The van der Waals surface area contributed by atoms with E-state index in [0.29, 0.717) is 24.1 Å². The lowest BCUT2D eigenvalue weighted by Crippen LogP contribution is -2.22. The number of hydrogen-bond donors (Lipinski definition) is 2. The molecular weight excluding hydrogens is 348 g/mol. The molecule has 1 aromatic heterocycles. The lowest BCUT2D eigenvalue weighted by Gasteiger charge is -2.19. The molecule has 0 unspecified atom stereocenters. The van der Waals surface area contributed by atoms with E-state index in [9.17, 15) is 4.79 Å². The van der Waals surface area contributed by atoms with Crippen LogP contribution in [-0.2, 0) is 11.3 Å². The van der Waals surface area contributed by atoms with Crippen molar-refractivity contribution in [2.24, 2.45) is 0 Å². The summed E-state index contributed by atoms with van der Waals surface area (Å²) in [5.41, 5.74) is 3.28. The van der Waals surface area contributed by atoms with Crippen molar-refractivity contribution in [2.45, 2.75) is 64.0 Å². The van der Waals surface area contributed by atoms with Crippen LogP contribution in [0.5, 0.6) is 0 Å². The molecule has 0 radical (unpaired) electrons. The predicted octanol–water partition coefficient (Wildman–Crippen LogP) is 4.46. The molecule has 28 heavy (non-hydrogen) atoms. The van der Waals surface area contributed by atoms with Crippen molar-refractivity contribution in [1.82, 2.24) is 15.3 Å². The van der Waals surface area contributed by atoms with Gasteiger partial charge in [-0.05, 0) is 18.9 Å². The van der Waals surface area contributed by atoms with Gasteiger partial charge in [-0.25, -0.2) is 9.97 Å². The Balaban J connectivity index is 1.62. The first-order valence-corrected chi connectivity index (χ1v) is 10.5. The molecule has 4 rings (SSSR count). The van der Waals surface area contributed by atoms with Crippen LogP contribution >= 0.6 is 0 Å². The average Bonchev–Trinajstić information content (AvgIpc) is 2.75. The number of amides is 1. The second kappa shape index (κ2) is 9.00. The van der Waals surface area contributed by atoms with Gasteiger partial charge >= 0.3 is 0 Å². The second-order valence-corrected chi connectivity index (χ2v) is 7.72. The summed E-state index contributed by atoms with van der Waals surface area (Å²) in [6.45, 7) is 0.444. The molecule has 2 N–H and O–H groups in total. The first-order chi connectivity index (χ1) is 13.8. The van der Waals surface area contributed by atoms with Crippen LogP contribution in [0, 0.1) is 0 Å². The number of carbonyl (C=O) groups is 1. The van der Waals surface area contributed by atoms with Gasteiger partial charge in [0.25, 0.3) is 5.91 Å². The van der Waals surface area contributed by atoms with Crippen LogP contribution < -0.4 is 10.6 Å².